The van der Waals surface area contributed by atoms with Crippen LogP contribution in [0.5, 0.6) is 0 Å². The van der Waals surface area contributed by atoms with Crippen molar-refractivity contribution in [3.05, 3.63) is 35.4 Å². The average molecular weight is 290 g/mol. The molecule has 0 heterocycles. The van der Waals surface area contributed by atoms with Crippen LogP contribution in [0.25, 0.3) is 0 Å². The van der Waals surface area contributed by atoms with Gasteiger partial charge in [-0.2, -0.15) is 0 Å². The maximum atomic E-state index is 12.5. The largest absolute Gasteiger partial charge is 0.481 e. The quantitative estimate of drug-likeness (QED) is 0.819. The van der Waals surface area contributed by atoms with E-state index < -0.39 is 17.8 Å². The molecule has 1 atom stereocenters. The highest BCUT2D eigenvalue weighted by atomic mass is 16.4. The Hall–Kier alpha value is -2.37. The molecule has 21 heavy (non-hydrogen) atoms. The predicted molar refractivity (Wildman–Crippen MR) is 75.8 cm³/mol. The van der Waals surface area contributed by atoms with Crippen LogP contribution in [0.15, 0.2) is 24.3 Å². The van der Waals surface area contributed by atoms with E-state index in [9.17, 15) is 14.4 Å². The summed E-state index contributed by atoms with van der Waals surface area (Å²) in [4.78, 5) is 36.1. The lowest BCUT2D eigenvalue weighted by atomic mass is 10.1. The number of hydrogen-bond acceptors (Lipinski definition) is 3. The van der Waals surface area contributed by atoms with Crippen molar-refractivity contribution in [1.29, 1.82) is 0 Å². The second-order valence-electron chi connectivity index (χ2n) is 5.37. The second kappa shape index (κ2) is 5.95. The van der Waals surface area contributed by atoms with Gasteiger partial charge in [-0.15, -0.1) is 0 Å². The standard InChI is InChI=1S/C15H18N2O4/c1-9(15(20)21)8-17(12-6-7-12)14(19)11-4-2-10(3-5-11)13(16)18/h2-5,9,12H,6-8H2,1H3,(H2,16,18)(H,20,21). The smallest absolute Gasteiger partial charge is 0.308 e. The third-order valence-electron chi connectivity index (χ3n) is 3.56. The van der Waals surface area contributed by atoms with E-state index in [0.29, 0.717) is 11.1 Å². The summed E-state index contributed by atoms with van der Waals surface area (Å²) in [5.41, 5.74) is 5.93. The number of hydrogen-bond donors (Lipinski definition) is 2. The van der Waals surface area contributed by atoms with E-state index in [1.165, 1.54) is 12.1 Å². The molecule has 0 radical (unpaired) electrons. The van der Waals surface area contributed by atoms with Gasteiger partial charge in [0.05, 0.1) is 5.92 Å². The first-order valence-corrected chi connectivity index (χ1v) is 6.83. The monoisotopic (exact) mass is 290 g/mol. The van der Waals surface area contributed by atoms with Crippen molar-refractivity contribution >= 4 is 17.8 Å². The molecule has 1 aliphatic carbocycles. The van der Waals surface area contributed by atoms with E-state index in [0.717, 1.165) is 12.8 Å². The molecule has 2 amide bonds. The van der Waals surface area contributed by atoms with Crippen molar-refractivity contribution < 1.29 is 19.5 Å². The van der Waals surface area contributed by atoms with Crippen molar-refractivity contribution in [3.8, 4) is 0 Å². The summed E-state index contributed by atoms with van der Waals surface area (Å²) in [6, 6.07) is 6.21. The first-order valence-electron chi connectivity index (χ1n) is 6.83. The van der Waals surface area contributed by atoms with Crippen LogP contribution in [0.2, 0.25) is 0 Å². The molecule has 0 aromatic heterocycles. The molecule has 1 aromatic rings. The third-order valence-corrected chi connectivity index (χ3v) is 3.56. The van der Waals surface area contributed by atoms with E-state index in [1.807, 2.05) is 0 Å². The lowest BCUT2D eigenvalue weighted by Gasteiger charge is -2.24. The Morgan fingerprint density at radius 2 is 1.76 bits per heavy atom. The van der Waals surface area contributed by atoms with E-state index in [1.54, 1.807) is 24.0 Å². The van der Waals surface area contributed by atoms with Crippen LogP contribution in [0.3, 0.4) is 0 Å². The van der Waals surface area contributed by atoms with Gasteiger partial charge in [0.15, 0.2) is 0 Å². The SMILES string of the molecule is CC(CN(C(=O)c1ccc(C(N)=O)cc1)C1CC1)C(=O)O. The van der Waals surface area contributed by atoms with Crippen molar-refractivity contribution in [3.63, 3.8) is 0 Å². The fraction of sp³-hybridized carbons (Fsp3) is 0.400. The van der Waals surface area contributed by atoms with Gasteiger partial charge < -0.3 is 15.7 Å². The Morgan fingerprint density at radius 1 is 1.24 bits per heavy atom. The minimum absolute atomic E-state index is 0.120. The first-order chi connectivity index (χ1) is 9.90. The average Bonchev–Trinajstić information content (AvgIpc) is 3.28. The summed E-state index contributed by atoms with van der Waals surface area (Å²) in [5.74, 6) is -2.29. The van der Waals surface area contributed by atoms with Gasteiger partial charge in [0.25, 0.3) is 5.91 Å². The summed E-state index contributed by atoms with van der Waals surface area (Å²) < 4.78 is 0. The molecule has 1 unspecified atom stereocenters. The maximum Gasteiger partial charge on any atom is 0.308 e. The van der Waals surface area contributed by atoms with Crippen LogP contribution >= 0.6 is 0 Å². The van der Waals surface area contributed by atoms with Crippen LogP contribution in [-0.2, 0) is 4.79 Å². The molecule has 0 saturated heterocycles. The second-order valence-corrected chi connectivity index (χ2v) is 5.37. The summed E-state index contributed by atoms with van der Waals surface area (Å²) in [6.45, 7) is 1.78. The number of carboxylic acid groups (broad SMARTS) is 1. The van der Waals surface area contributed by atoms with Gasteiger partial charge in [0, 0.05) is 23.7 Å². The van der Waals surface area contributed by atoms with E-state index in [-0.39, 0.29) is 18.5 Å². The summed E-state index contributed by atoms with van der Waals surface area (Å²) in [5, 5.41) is 8.99. The maximum absolute atomic E-state index is 12.5. The number of carboxylic acids is 1. The number of rotatable bonds is 6. The summed E-state index contributed by atoms with van der Waals surface area (Å²) in [6.07, 6.45) is 1.80. The molecular weight excluding hydrogens is 272 g/mol. The van der Waals surface area contributed by atoms with Gasteiger partial charge in [-0.05, 0) is 37.1 Å². The van der Waals surface area contributed by atoms with Crippen molar-refractivity contribution in [2.75, 3.05) is 6.54 Å². The molecule has 112 valence electrons. The zero-order chi connectivity index (χ0) is 15.6. The molecular formula is C15H18N2O4. The molecule has 1 saturated carbocycles. The zero-order valence-corrected chi connectivity index (χ0v) is 11.8. The Bertz CT molecular complexity index is 564. The number of nitrogens with two attached hydrogens (primary N) is 1. The number of benzene rings is 1. The van der Waals surface area contributed by atoms with Gasteiger partial charge >= 0.3 is 5.97 Å². The molecule has 0 aliphatic heterocycles. The Balaban J connectivity index is 2.14. The molecule has 1 aliphatic rings. The lowest BCUT2D eigenvalue weighted by molar-refractivity contribution is -0.141. The molecule has 6 nitrogen and oxygen atoms in total. The van der Waals surface area contributed by atoms with Crippen molar-refractivity contribution in [2.24, 2.45) is 11.7 Å². The predicted octanol–water partition coefficient (Wildman–Crippen LogP) is 1.11. The van der Waals surface area contributed by atoms with E-state index >= 15 is 0 Å². The third kappa shape index (κ3) is 3.59. The summed E-state index contributed by atoms with van der Waals surface area (Å²) in [7, 11) is 0. The Morgan fingerprint density at radius 3 is 2.19 bits per heavy atom. The normalized spacial score (nSPS) is 15.3. The van der Waals surface area contributed by atoms with Crippen molar-refractivity contribution in [2.45, 2.75) is 25.8 Å². The number of carbonyl (C=O) groups excluding carboxylic acids is 2. The molecule has 0 spiro atoms. The number of amides is 2. The Labute approximate surface area is 122 Å². The van der Waals surface area contributed by atoms with E-state index in [2.05, 4.69) is 0 Å². The van der Waals surface area contributed by atoms with Crippen LogP contribution in [-0.4, -0.2) is 40.4 Å². The van der Waals surface area contributed by atoms with Gasteiger partial charge in [-0.3, -0.25) is 14.4 Å². The highest BCUT2D eigenvalue weighted by Gasteiger charge is 2.34. The highest BCUT2D eigenvalue weighted by molar-refractivity contribution is 5.97. The summed E-state index contributed by atoms with van der Waals surface area (Å²) >= 11 is 0. The van der Waals surface area contributed by atoms with Gasteiger partial charge in [-0.25, -0.2) is 0 Å². The Kier molecular flexibility index (Phi) is 4.26. The highest BCUT2D eigenvalue weighted by Crippen LogP contribution is 2.29. The molecule has 0 bridgehead atoms. The van der Waals surface area contributed by atoms with Gasteiger partial charge in [0.1, 0.15) is 0 Å². The van der Waals surface area contributed by atoms with Gasteiger partial charge in [-0.1, -0.05) is 6.92 Å². The number of nitrogens with zero attached hydrogens (tertiary/aromatic N) is 1. The number of carbonyl (C=O) groups is 3. The number of primary amides is 1. The molecule has 1 fully saturated rings. The van der Waals surface area contributed by atoms with Crippen molar-refractivity contribution in [1.82, 2.24) is 4.90 Å². The van der Waals surface area contributed by atoms with Crippen LogP contribution in [0, 0.1) is 5.92 Å². The topological polar surface area (TPSA) is 101 Å². The van der Waals surface area contributed by atoms with Crippen LogP contribution < -0.4 is 5.73 Å². The molecule has 3 N–H and O–H groups in total. The minimum atomic E-state index is -0.919. The minimum Gasteiger partial charge on any atom is -0.481 e. The van der Waals surface area contributed by atoms with Gasteiger partial charge in [0.2, 0.25) is 5.91 Å². The zero-order valence-electron chi connectivity index (χ0n) is 11.8. The van der Waals surface area contributed by atoms with Crippen LogP contribution in [0.1, 0.15) is 40.5 Å². The molecule has 1 aromatic carbocycles. The first kappa shape index (κ1) is 15.0. The van der Waals surface area contributed by atoms with Crippen LogP contribution in [0.4, 0.5) is 0 Å². The molecule has 6 heteroatoms. The fourth-order valence-corrected chi connectivity index (χ4v) is 2.10. The molecule has 2 rings (SSSR count). The van der Waals surface area contributed by atoms with E-state index in [4.69, 9.17) is 10.8 Å². The number of aliphatic carboxylic acids is 1. The fourth-order valence-electron chi connectivity index (χ4n) is 2.10. The lowest BCUT2D eigenvalue weighted by Crippen LogP contribution is -2.38.